The molecule has 1 saturated heterocycles. The van der Waals surface area contributed by atoms with Crippen LogP contribution in [0.4, 0.5) is 0 Å². The smallest absolute Gasteiger partial charge is 0.0845 e. The predicted molar refractivity (Wildman–Crippen MR) is 62.9 cm³/mol. The van der Waals surface area contributed by atoms with Crippen molar-refractivity contribution in [3.8, 4) is 0 Å². The van der Waals surface area contributed by atoms with Crippen LogP contribution >= 0.6 is 0 Å². The zero-order valence-electron chi connectivity index (χ0n) is 10.6. The summed E-state index contributed by atoms with van der Waals surface area (Å²) in [5.74, 6) is 0.754. The minimum absolute atomic E-state index is 0.173. The first-order valence-electron chi connectivity index (χ1n) is 6.31. The van der Waals surface area contributed by atoms with Gasteiger partial charge in [-0.25, -0.2) is 0 Å². The summed E-state index contributed by atoms with van der Waals surface area (Å²) >= 11 is 0. The molecule has 1 unspecified atom stereocenters. The van der Waals surface area contributed by atoms with E-state index in [-0.39, 0.29) is 5.60 Å². The molecule has 1 heterocycles. The summed E-state index contributed by atoms with van der Waals surface area (Å²) < 4.78 is 6.09. The van der Waals surface area contributed by atoms with Crippen LogP contribution in [0.1, 0.15) is 47.0 Å². The molecular weight excluding hydrogens is 186 g/mol. The van der Waals surface area contributed by atoms with Crippen LogP contribution in [0.3, 0.4) is 0 Å². The lowest BCUT2D eigenvalue weighted by Gasteiger charge is -2.58. The van der Waals surface area contributed by atoms with Gasteiger partial charge in [-0.05, 0) is 30.6 Å². The molecule has 2 fully saturated rings. The molecule has 1 spiro atoms. The van der Waals surface area contributed by atoms with Crippen LogP contribution in [0.15, 0.2) is 0 Å². The topological polar surface area (TPSA) is 21.3 Å². The normalized spacial score (nSPS) is 33.0. The van der Waals surface area contributed by atoms with Gasteiger partial charge in [0.25, 0.3) is 0 Å². The molecule has 1 saturated carbocycles. The van der Waals surface area contributed by atoms with E-state index in [1.54, 1.807) is 0 Å². The number of nitrogens with one attached hydrogen (secondary N) is 1. The second kappa shape index (κ2) is 3.74. The van der Waals surface area contributed by atoms with Gasteiger partial charge in [0.2, 0.25) is 0 Å². The Morgan fingerprint density at radius 2 is 2.00 bits per heavy atom. The zero-order valence-corrected chi connectivity index (χ0v) is 10.6. The molecule has 1 aliphatic carbocycles. The van der Waals surface area contributed by atoms with E-state index in [0.29, 0.717) is 11.5 Å². The summed E-state index contributed by atoms with van der Waals surface area (Å²) in [6, 6.07) is 0.583. The fraction of sp³-hybridized carbons (Fsp3) is 1.00. The van der Waals surface area contributed by atoms with Gasteiger partial charge in [0.1, 0.15) is 0 Å². The highest BCUT2D eigenvalue weighted by atomic mass is 16.5. The molecule has 0 aromatic rings. The van der Waals surface area contributed by atoms with Crippen molar-refractivity contribution in [3.63, 3.8) is 0 Å². The van der Waals surface area contributed by atoms with Gasteiger partial charge in [-0.2, -0.15) is 0 Å². The molecule has 1 atom stereocenters. The third kappa shape index (κ3) is 2.21. The molecule has 0 aromatic carbocycles. The molecular formula is C13H25NO. The van der Waals surface area contributed by atoms with E-state index < -0.39 is 0 Å². The molecule has 0 aromatic heterocycles. The molecule has 2 aliphatic rings. The summed E-state index contributed by atoms with van der Waals surface area (Å²) in [6.45, 7) is 11.2. The maximum absolute atomic E-state index is 6.09. The molecule has 0 amide bonds. The summed E-state index contributed by atoms with van der Waals surface area (Å²) in [7, 11) is 0. The van der Waals surface area contributed by atoms with E-state index in [1.165, 1.54) is 19.3 Å². The molecule has 15 heavy (non-hydrogen) atoms. The van der Waals surface area contributed by atoms with Gasteiger partial charge in [-0.1, -0.05) is 27.7 Å². The Balaban J connectivity index is 2.01. The van der Waals surface area contributed by atoms with Crippen LogP contribution < -0.4 is 5.32 Å². The Bertz CT molecular complexity index is 227. The highest BCUT2D eigenvalue weighted by Crippen LogP contribution is 2.53. The number of hydrogen-bond donors (Lipinski definition) is 1. The van der Waals surface area contributed by atoms with Crippen molar-refractivity contribution < 1.29 is 4.74 Å². The number of rotatable bonds is 2. The standard InChI is InChI=1S/C13H25NO/c1-10(2)7-11-13(15-6-5-14-11)8-12(3,4)9-13/h10-11,14H,5-9H2,1-4H3. The van der Waals surface area contributed by atoms with Crippen LogP contribution in [0.2, 0.25) is 0 Å². The van der Waals surface area contributed by atoms with Crippen molar-refractivity contribution >= 4 is 0 Å². The minimum Gasteiger partial charge on any atom is -0.372 e. The molecule has 1 aliphatic heterocycles. The van der Waals surface area contributed by atoms with Crippen LogP contribution in [0.5, 0.6) is 0 Å². The predicted octanol–water partition coefficient (Wildman–Crippen LogP) is 2.58. The Morgan fingerprint density at radius 1 is 1.33 bits per heavy atom. The maximum Gasteiger partial charge on any atom is 0.0845 e. The lowest BCUT2D eigenvalue weighted by Crippen LogP contribution is -2.66. The molecule has 2 nitrogen and oxygen atoms in total. The molecule has 2 heteroatoms. The largest absolute Gasteiger partial charge is 0.372 e. The van der Waals surface area contributed by atoms with Gasteiger partial charge in [0.15, 0.2) is 0 Å². The van der Waals surface area contributed by atoms with Crippen molar-refractivity contribution in [1.29, 1.82) is 0 Å². The Labute approximate surface area is 93.8 Å². The van der Waals surface area contributed by atoms with E-state index in [9.17, 15) is 0 Å². The Kier molecular flexibility index (Phi) is 2.85. The average Bonchev–Trinajstić information content (AvgIpc) is 2.04. The fourth-order valence-electron chi connectivity index (χ4n) is 3.46. The Morgan fingerprint density at radius 3 is 2.53 bits per heavy atom. The van der Waals surface area contributed by atoms with Gasteiger partial charge < -0.3 is 10.1 Å². The van der Waals surface area contributed by atoms with Crippen molar-refractivity contribution in [2.75, 3.05) is 13.2 Å². The van der Waals surface area contributed by atoms with Gasteiger partial charge in [-0.15, -0.1) is 0 Å². The minimum atomic E-state index is 0.173. The summed E-state index contributed by atoms with van der Waals surface area (Å²) in [4.78, 5) is 0. The highest BCUT2D eigenvalue weighted by molar-refractivity contribution is 5.09. The number of ether oxygens (including phenoxy) is 1. The van der Waals surface area contributed by atoms with Crippen LogP contribution in [-0.4, -0.2) is 24.8 Å². The van der Waals surface area contributed by atoms with E-state index in [1.807, 2.05) is 0 Å². The second-order valence-electron chi connectivity index (χ2n) is 6.57. The molecule has 1 N–H and O–H groups in total. The maximum atomic E-state index is 6.09. The highest BCUT2D eigenvalue weighted by Gasteiger charge is 2.55. The van der Waals surface area contributed by atoms with Gasteiger partial charge in [0, 0.05) is 12.6 Å². The van der Waals surface area contributed by atoms with Crippen molar-refractivity contribution in [2.45, 2.75) is 58.6 Å². The number of hydrogen-bond acceptors (Lipinski definition) is 2. The summed E-state index contributed by atoms with van der Waals surface area (Å²) in [5, 5.41) is 3.66. The summed E-state index contributed by atoms with van der Waals surface area (Å²) in [5.41, 5.74) is 0.667. The molecule has 2 rings (SSSR count). The first-order valence-corrected chi connectivity index (χ1v) is 6.31. The van der Waals surface area contributed by atoms with Gasteiger partial charge in [-0.3, -0.25) is 0 Å². The van der Waals surface area contributed by atoms with Crippen molar-refractivity contribution in [3.05, 3.63) is 0 Å². The van der Waals surface area contributed by atoms with E-state index in [4.69, 9.17) is 4.74 Å². The lowest BCUT2D eigenvalue weighted by molar-refractivity contribution is -0.196. The van der Waals surface area contributed by atoms with E-state index in [2.05, 4.69) is 33.0 Å². The molecule has 0 bridgehead atoms. The summed E-state index contributed by atoms with van der Waals surface area (Å²) in [6.07, 6.45) is 3.70. The first kappa shape index (κ1) is 11.4. The number of morpholine rings is 1. The molecule has 88 valence electrons. The first-order chi connectivity index (χ1) is 6.94. The van der Waals surface area contributed by atoms with Crippen LogP contribution in [-0.2, 0) is 4.74 Å². The van der Waals surface area contributed by atoms with Crippen LogP contribution in [0, 0.1) is 11.3 Å². The SMILES string of the molecule is CC(C)CC1NCCOC12CC(C)(C)C2. The lowest BCUT2D eigenvalue weighted by atomic mass is 9.57. The third-order valence-corrected chi connectivity index (χ3v) is 3.78. The fourth-order valence-corrected chi connectivity index (χ4v) is 3.46. The van der Waals surface area contributed by atoms with E-state index in [0.717, 1.165) is 19.1 Å². The van der Waals surface area contributed by atoms with Crippen LogP contribution in [0.25, 0.3) is 0 Å². The van der Waals surface area contributed by atoms with E-state index >= 15 is 0 Å². The monoisotopic (exact) mass is 211 g/mol. The Hall–Kier alpha value is -0.0800. The quantitative estimate of drug-likeness (QED) is 0.758. The molecule has 0 radical (unpaired) electrons. The van der Waals surface area contributed by atoms with Gasteiger partial charge >= 0.3 is 0 Å². The van der Waals surface area contributed by atoms with Crippen molar-refractivity contribution in [2.24, 2.45) is 11.3 Å². The second-order valence-corrected chi connectivity index (χ2v) is 6.57. The average molecular weight is 211 g/mol. The van der Waals surface area contributed by atoms with Crippen molar-refractivity contribution in [1.82, 2.24) is 5.32 Å². The zero-order chi connectivity index (χ0) is 11.1. The third-order valence-electron chi connectivity index (χ3n) is 3.78. The van der Waals surface area contributed by atoms with Gasteiger partial charge in [0.05, 0.1) is 12.2 Å².